The lowest BCUT2D eigenvalue weighted by Gasteiger charge is -2.17. The maximum Gasteiger partial charge on any atom is 0.0614 e. The first kappa shape index (κ1) is 14.8. The molecule has 0 saturated carbocycles. The molecule has 2 nitrogen and oxygen atoms in total. The summed E-state index contributed by atoms with van der Waals surface area (Å²) in [6.07, 6.45) is 1.10. The minimum Gasteiger partial charge on any atom is -0.397 e. The molecule has 5 heteroatoms. The Morgan fingerprint density at radius 2 is 2.00 bits per heavy atom. The highest BCUT2D eigenvalue weighted by atomic mass is 35.5. The van der Waals surface area contributed by atoms with Crippen LogP contribution in [0.2, 0.25) is 10.0 Å². The maximum absolute atomic E-state index is 5.96. The van der Waals surface area contributed by atoms with E-state index in [9.17, 15) is 0 Å². The number of benzene rings is 1. The summed E-state index contributed by atoms with van der Waals surface area (Å²) in [5.74, 6) is 2.30. The molecule has 3 N–H and O–H groups in total. The Labute approximate surface area is 117 Å². The van der Waals surface area contributed by atoms with Crippen LogP contribution < -0.4 is 11.1 Å². The molecule has 0 amide bonds. The largest absolute Gasteiger partial charge is 0.397 e. The third-order valence-electron chi connectivity index (χ3n) is 2.39. The molecule has 0 saturated heterocycles. The van der Waals surface area contributed by atoms with Crippen molar-refractivity contribution in [1.29, 1.82) is 0 Å². The first-order valence-corrected chi connectivity index (χ1v) is 7.54. The van der Waals surface area contributed by atoms with Gasteiger partial charge in [0.05, 0.1) is 21.4 Å². The number of halogens is 2. The predicted molar refractivity (Wildman–Crippen MR) is 81.6 cm³/mol. The van der Waals surface area contributed by atoms with Crippen molar-refractivity contribution in [3.8, 4) is 0 Å². The maximum atomic E-state index is 5.96. The molecule has 1 rings (SSSR count). The smallest absolute Gasteiger partial charge is 0.0614 e. The van der Waals surface area contributed by atoms with Gasteiger partial charge in [0, 0.05) is 6.04 Å². The Kier molecular flexibility index (Phi) is 6.31. The molecule has 1 aromatic carbocycles. The molecule has 1 aromatic rings. The Morgan fingerprint density at radius 1 is 1.35 bits per heavy atom. The average molecular weight is 293 g/mol. The van der Waals surface area contributed by atoms with E-state index >= 15 is 0 Å². The van der Waals surface area contributed by atoms with Gasteiger partial charge in [0.1, 0.15) is 0 Å². The minimum absolute atomic E-state index is 0.369. The molecule has 1 atom stereocenters. The van der Waals surface area contributed by atoms with Crippen LogP contribution >= 0.6 is 35.0 Å². The lowest BCUT2D eigenvalue weighted by Crippen LogP contribution is -2.17. The summed E-state index contributed by atoms with van der Waals surface area (Å²) < 4.78 is 0. The summed E-state index contributed by atoms with van der Waals surface area (Å²) in [7, 11) is 0. The van der Waals surface area contributed by atoms with E-state index < -0.39 is 0 Å². The fourth-order valence-electron chi connectivity index (χ4n) is 1.43. The van der Waals surface area contributed by atoms with Crippen molar-refractivity contribution in [1.82, 2.24) is 0 Å². The van der Waals surface area contributed by atoms with Crippen molar-refractivity contribution in [3.63, 3.8) is 0 Å². The Hall–Kier alpha value is -0.250. The minimum atomic E-state index is 0.369. The predicted octanol–water partition coefficient (Wildman–Crippen LogP) is 4.52. The number of nitrogen functional groups attached to an aromatic ring is 1. The van der Waals surface area contributed by atoms with E-state index in [1.807, 2.05) is 11.8 Å². The van der Waals surface area contributed by atoms with E-state index in [1.165, 1.54) is 0 Å². The lowest BCUT2D eigenvalue weighted by molar-refractivity contribution is 0.772. The van der Waals surface area contributed by atoms with Crippen molar-refractivity contribution >= 4 is 46.3 Å². The van der Waals surface area contributed by atoms with Gasteiger partial charge in [-0.2, -0.15) is 11.8 Å². The van der Waals surface area contributed by atoms with Gasteiger partial charge < -0.3 is 11.1 Å². The van der Waals surface area contributed by atoms with E-state index in [1.54, 1.807) is 12.1 Å². The van der Waals surface area contributed by atoms with Gasteiger partial charge >= 0.3 is 0 Å². The van der Waals surface area contributed by atoms with Crippen molar-refractivity contribution < 1.29 is 0 Å². The van der Waals surface area contributed by atoms with Gasteiger partial charge in [-0.25, -0.2) is 0 Å². The summed E-state index contributed by atoms with van der Waals surface area (Å²) >= 11 is 13.8. The zero-order valence-corrected chi connectivity index (χ0v) is 12.4. The van der Waals surface area contributed by atoms with Crippen molar-refractivity contribution in [2.24, 2.45) is 0 Å². The highest BCUT2D eigenvalue weighted by molar-refractivity contribution is 7.99. The molecule has 0 aromatic heterocycles. The summed E-state index contributed by atoms with van der Waals surface area (Å²) in [6.45, 7) is 4.30. The second kappa shape index (κ2) is 7.24. The molecule has 0 radical (unpaired) electrons. The second-order valence-electron chi connectivity index (χ2n) is 3.88. The first-order valence-electron chi connectivity index (χ1n) is 5.63. The number of anilines is 2. The topological polar surface area (TPSA) is 38.0 Å². The average Bonchev–Trinajstić information content (AvgIpc) is 2.26. The van der Waals surface area contributed by atoms with Gasteiger partial charge in [0.15, 0.2) is 0 Å². The van der Waals surface area contributed by atoms with Crippen LogP contribution in [0.1, 0.15) is 20.3 Å². The fraction of sp³-hybridized carbons (Fsp3) is 0.500. The number of hydrogen-bond donors (Lipinski definition) is 2. The highest BCUT2D eigenvalue weighted by Crippen LogP contribution is 2.31. The lowest BCUT2D eigenvalue weighted by atomic mass is 10.2. The molecule has 0 aliphatic carbocycles. The van der Waals surface area contributed by atoms with Crippen LogP contribution in [0.15, 0.2) is 12.1 Å². The number of nitrogens with one attached hydrogen (secondary N) is 1. The molecule has 96 valence electrons. The number of rotatable bonds is 6. The normalized spacial score (nSPS) is 12.5. The van der Waals surface area contributed by atoms with Crippen LogP contribution in [-0.2, 0) is 0 Å². The van der Waals surface area contributed by atoms with Crippen molar-refractivity contribution in [3.05, 3.63) is 22.2 Å². The molecular formula is C12H18Cl2N2S. The molecular weight excluding hydrogens is 275 g/mol. The number of hydrogen-bond acceptors (Lipinski definition) is 3. The highest BCUT2D eigenvalue weighted by Gasteiger charge is 2.08. The Balaban J connectivity index is 2.58. The van der Waals surface area contributed by atoms with Crippen LogP contribution in [0, 0.1) is 0 Å². The molecule has 0 aliphatic rings. The zero-order valence-electron chi connectivity index (χ0n) is 10.1. The van der Waals surface area contributed by atoms with E-state index in [0.29, 0.717) is 21.8 Å². The molecule has 1 unspecified atom stereocenters. The summed E-state index contributed by atoms with van der Waals surface area (Å²) in [5.41, 5.74) is 7.37. The van der Waals surface area contributed by atoms with Gasteiger partial charge in [-0.05, 0) is 37.0 Å². The van der Waals surface area contributed by atoms with Gasteiger partial charge in [0.25, 0.3) is 0 Å². The van der Waals surface area contributed by atoms with E-state index in [0.717, 1.165) is 23.6 Å². The van der Waals surface area contributed by atoms with E-state index in [-0.39, 0.29) is 0 Å². The van der Waals surface area contributed by atoms with Gasteiger partial charge in [-0.1, -0.05) is 30.1 Å². The van der Waals surface area contributed by atoms with Crippen LogP contribution in [0.5, 0.6) is 0 Å². The van der Waals surface area contributed by atoms with Crippen LogP contribution in [0.25, 0.3) is 0 Å². The van der Waals surface area contributed by atoms with Crippen molar-refractivity contribution in [2.45, 2.75) is 26.3 Å². The first-order chi connectivity index (χ1) is 8.04. The van der Waals surface area contributed by atoms with Gasteiger partial charge in [0.2, 0.25) is 0 Å². The molecule has 0 aliphatic heterocycles. The van der Waals surface area contributed by atoms with E-state index in [4.69, 9.17) is 28.9 Å². The summed E-state index contributed by atoms with van der Waals surface area (Å²) in [5, 5.41) is 4.37. The van der Waals surface area contributed by atoms with E-state index in [2.05, 4.69) is 19.2 Å². The molecule has 0 bridgehead atoms. The molecule has 17 heavy (non-hydrogen) atoms. The Bertz CT molecular complexity index is 372. The van der Waals surface area contributed by atoms with Crippen LogP contribution in [-0.4, -0.2) is 17.5 Å². The second-order valence-corrected chi connectivity index (χ2v) is 6.09. The standard InChI is InChI=1S/C12H18Cl2N2S/c1-3-17-5-4-8(2)16-12-7-10(14)9(13)6-11(12)15/h6-8,16H,3-5,15H2,1-2H3. The third kappa shape index (κ3) is 4.86. The Morgan fingerprint density at radius 3 is 2.65 bits per heavy atom. The van der Waals surface area contributed by atoms with Crippen LogP contribution in [0.3, 0.4) is 0 Å². The quantitative estimate of drug-likeness (QED) is 0.598. The summed E-state index contributed by atoms with van der Waals surface area (Å²) in [4.78, 5) is 0. The monoisotopic (exact) mass is 292 g/mol. The van der Waals surface area contributed by atoms with Gasteiger partial charge in [-0.15, -0.1) is 0 Å². The SMILES string of the molecule is CCSCCC(C)Nc1cc(Cl)c(Cl)cc1N. The van der Waals surface area contributed by atoms with Gasteiger partial charge in [-0.3, -0.25) is 0 Å². The third-order valence-corrected chi connectivity index (χ3v) is 4.05. The number of thioether (sulfide) groups is 1. The van der Waals surface area contributed by atoms with Crippen molar-refractivity contribution in [2.75, 3.05) is 22.6 Å². The molecule has 0 spiro atoms. The molecule has 0 fully saturated rings. The van der Waals surface area contributed by atoms with Crippen LogP contribution in [0.4, 0.5) is 11.4 Å². The fourth-order valence-corrected chi connectivity index (χ4v) is 2.57. The molecule has 0 heterocycles. The zero-order chi connectivity index (χ0) is 12.8. The number of nitrogens with two attached hydrogens (primary N) is 1. The summed E-state index contributed by atoms with van der Waals surface area (Å²) in [6, 6.07) is 3.83.